The molecular weight excluding hydrogens is 350 g/mol. The molecule has 9 heteroatoms. The Bertz CT molecular complexity index is 711. The van der Waals surface area contributed by atoms with E-state index in [0.29, 0.717) is 25.3 Å². The summed E-state index contributed by atoms with van der Waals surface area (Å²) < 4.78 is 6.73. The lowest BCUT2D eigenvalue weighted by molar-refractivity contribution is -0.144. The minimum Gasteiger partial charge on any atom is -0.464 e. The molecule has 148 valence electrons. The number of amides is 3. The second kappa shape index (κ2) is 8.41. The van der Waals surface area contributed by atoms with Gasteiger partial charge in [-0.15, -0.1) is 0 Å². The van der Waals surface area contributed by atoms with Gasteiger partial charge in [0.15, 0.2) is 5.69 Å². The molecule has 0 bridgehead atoms. The summed E-state index contributed by atoms with van der Waals surface area (Å²) in [7, 11) is 0. The molecule has 2 aliphatic rings. The topological polar surface area (TPSA) is 96.8 Å². The zero-order chi connectivity index (χ0) is 19.4. The minimum absolute atomic E-state index is 0.0417. The summed E-state index contributed by atoms with van der Waals surface area (Å²) in [6.07, 6.45) is 2.80. The van der Waals surface area contributed by atoms with E-state index < -0.39 is 12.0 Å². The lowest BCUT2D eigenvalue weighted by atomic mass is 10.3. The summed E-state index contributed by atoms with van der Waals surface area (Å²) >= 11 is 0. The van der Waals surface area contributed by atoms with Crippen molar-refractivity contribution in [2.45, 2.75) is 52.2 Å². The van der Waals surface area contributed by atoms with Gasteiger partial charge < -0.3 is 19.9 Å². The molecule has 27 heavy (non-hydrogen) atoms. The molecule has 0 aliphatic carbocycles. The highest BCUT2D eigenvalue weighted by molar-refractivity contribution is 5.92. The van der Waals surface area contributed by atoms with Gasteiger partial charge in [0.2, 0.25) is 0 Å². The molecule has 2 aliphatic heterocycles. The molecule has 9 nitrogen and oxygen atoms in total. The van der Waals surface area contributed by atoms with Crippen LogP contribution in [0.3, 0.4) is 0 Å². The number of likely N-dealkylation sites (tertiary alicyclic amines) is 1. The number of fused-ring (bicyclic) bond motifs is 1. The quantitative estimate of drug-likeness (QED) is 0.789. The number of carbonyl (C=O) groups is 3. The van der Waals surface area contributed by atoms with Gasteiger partial charge in [0, 0.05) is 26.2 Å². The fraction of sp³-hybridized carbons (Fsp3) is 0.667. The second-order valence-corrected chi connectivity index (χ2v) is 6.94. The molecule has 0 spiro atoms. The zero-order valence-corrected chi connectivity index (χ0v) is 15.9. The average Bonchev–Trinajstić information content (AvgIpc) is 3.27. The Hall–Kier alpha value is -2.58. The van der Waals surface area contributed by atoms with E-state index in [4.69, 9.17) is 4.74 Å². The highest BCUT2D eigenvalue weighted by Crippen LogP contribution is 2.17. The van der Waals surface area contributed by atoms with E-state index in [2.05, 4.69) is 10.4 Å². The largest absolute Gasteiger partial charge is 0.464 e. The van der Waals surface area contributed by atoms with Crippen LogP contribution < -0.4 is 5.32 Å². The fourth-order valence-electron chi connectivity index (χ4n) is 3.43. The van der Waals surface area contributed by atoms with Crippen LogP contribution in [0.5, 0.6) is 0 Å². The molecule has 0 saturated carbocycles. The van der Waals surface area contributed by atoms with Crippen LogP contribution >= 0.6 is 0 Å². The Kier molecular flexibility index (Phi) is 5.98. The van der Waals surface area contributed by atoms with Crippen molar-refractivity contribution < 1.29 is 19.1 Å². The minimum atomic E-state index is -0.710. The van der Waals surface area contributed by atoms with Crippen molar-refractivity contribution in [3.8, 4) is 0 Å². The Balaban J connectivity index is 1.65. The van der Waals surface area contributed by atoms with Gasteiger partial charge in [-0.2, -0.15) is 5.10 Å². The second-order valence-electron chi connectivity index (χ2n) is 6.94. The van der Waals surface area contributed by atoms with Gasteiger partial charge in [0.1, 0.15) is 6.04 Å². The average molecular weight is 377 g/mol. The number of esters is 1. The van der Waals surface area contributed by atoms with Crippen molar-refractivity contribution >= 4 is 17.9 Å². The maximum Gasteiger partial charge on any atom is 0.328 e. The van der Waals surface area contributed by atoms with Crippen molar-refractivity contribution in [1.82, 2.24) is 24.9 Å². The van der Waals surface area contributed by atoms with Crippen molar-refractivity contribution in [3.05, 3.63) is 17.5 Å². The molecule has 1 fully saturated rings. The van der Waals surface area contributed by atoms with Crippen molar-refractivity contribution in [2.75, 3.05) is 26.2 Å². The standard InChI is InChI=1S/C18H27N5O4/c1-3-27-17(25)13(2)19-18(26)22-9-6-10-23-14(12-22)11-15(20-23)16(24)21-7-4-5-8-21/h11,13H,3-10,12H2,1-2H3,(H,19,26)/t13-/m0/s1. The molecule has 0 radical (unpaired) electrons. The molecule has 0 unspecified atom stereocenters. The monoisotopic (exact) mass is 377 g/mol. The first kappa shape index (κ1) is 19.2. The molecule has 1 saturated heterocycles. The van der Waals surface area contributed by atoms with Crippen LogP contribution in [0.15, 0.2) is 6.07 Å². The third-order valence-electron chi connectivity index (χ3n) is 4.89. The Morgan fingerprint density at radius 3 is 2.56 bits per heavy atom. The van der Waals surface area contributed by atoms with Crippen molar-refractivity contribution in [1.29, 1.82) is 0 Å². The van der Waals surface area contributed by atoms with Crippen LogP contribution in [-0.2, 0) is 22.6 Å². The predicted molar refractivity (Wildman–Crippen MR) is 97.0 cm³/mol. The van der Waals surface area contributed by atoms with Gasteiger partial charge in [-0.1, -0.05) is 0 Å². The summed E-state index contributed by atoms with van der Waals surface area (Å²) in [6, 6.07) is 0.747. The summed E-state index contributed by atoms with van der Waals surface area (Å²) in [5.41, 5.74) is 1.27. The van der Waals surface area contributed by atoms with E-state index in [1.807, 2.05) is 9.58 Å². The molecule has 0 aromatic carbocycles. The van der Waals surface area contributed by atoms with Gasteiger partial charge in [-0.3, -0.25) is 9.48 Å². The maximum atomic E-state index is 12.6. The van der Waals surface area contributed by atoms with Gasteiger partial charge in [0.05, 0.1) is 18.8 Å². The summed E-state index contributed by atoms with van der Waals surface area (Å²) in [5, 5.41) is 7.13. The van der Waals surface area contributed by atoms with E-state index in [9.17, 15) is 14.4 Å². The molecule has 3 rings (SSSR count). The van der Waals surface area contributed by atoms with Gasteiger partial charge in [0.25, 0.3) is 5.91 Å². The number of hydrogen-bond donors (Lipinski definition) is 1. The highest BCUT2D eigenvalue weighted by atomic mass is 16.5. The first-order chi connectivity index (χ1) is 13.0. The van der Waals surface area contributed by atoms with Crippen LogP contribution in [0, 0.1) is 0 Å². The number of urea groups is 1. The number of hydrogen-bond acceptors (Lipinski definition) is 5. The van der Waals surface area contributed by atoms with E-state index >= 15 is 0 Å². The van der Waals surface area contributed by atoms with Crippen LogP contribution in [0.25, 0.3) is 0 Å². The molecule has 3 amide bonds. The summed E-state index contributed by atoms with van der Waals surface area (Å²) in [4.78, 5) is 40.3. The SMILES string of the molecule is CCOC(=O)[C@H](C)NC(=O)N1CCCn2nc(C(=O)N3CCCC3)cc2C1. The first-order valence-electron chi connectivity index (χ1n) is 9.57. The zero-order valence-electron chi connectivity index (χ0n) is 15.9. The molecule has 1 atom stereocenters. The van der Waals surface area contributed by atoms with E-state index in [1.165, 1.54) is 0 Å². The smallest absolute Gasteiger partial charge is 0.328 e. The Labute approximate surface area is 158 Å². The molecule has 1 aromatic heterocycles. The summed E-state index contributed by atoms with van der Waals surface area (Å²) in [6.45, 7) is 6.72. The predicted octanol–water partition coefficient (Wildman–Crippen LogP) is 0.986. The highest BCUT2D eigenvalue weighted by Gasteiger charge is 2.27. The van der Waals surface area contributed by atoms with E-state index in [1.54, 1.807) is 24.8 Å². The number of carbonyl (C=O) groups excluding carboxylic acids is 3. The van der Waals surface area contributed by atoms with Crippen LogP contribution in [0.4, 0.5) is 4.79 Å². The summed E-state index contributed by atoms with van der Waals surface area (Å²) in [5.74, 6) is -0.496. The van der Waals surface area contributed by atoms with Crippen molar-refractivity contribution in [2.24, 2.45) is 0 Å². The van der Waals surface area contributed by atoms with Gasteiger partial charge in [-0.05, 0) is 39.2 Å². The number of rotatable bonds is 4. The van der Waals surface area contributed by atoms with Crippen molar-refractivity contribution in [3.63, 3.8) is 0 Å². The van der Waals surface area contributed by atoms with Gasteiger partial charge >= 0.3 is 12.0 Å². The third kappa shape index (κ3) is 4.40. The molecule has 3 heterocycles. The third-order valence-corrected chi connectivity index (χ3v) is 4.89. The normalized spacial score (nSPS) is 17.9. The number of ether oxygens (including phenoxy) is 1. The molecule has 1 aromatic rings. The van der Waals surface area contributed by atoms with Gasteiger partial charge in [-0.25, -0.2) is 9.59 Å². The fourth-order valence-corrected chi connectivity index (χ4v) is 3.43. The van der Waals surface area contributed by atoms with Crippen LogP contribution in [-0.4, -0.2) is 69.8 Å². The Morgan fingerprint density at radius 2 is 1.85 bits per heavy atom. The first-order valence-corrected chi connectivity index (χ1v) is 9.57. The number of nitrogens with zero attached hydrogens (tertiary/aromatic N) is 4. The number of aromatic nitrogens is 2. The maximum absolute atomic E-state index is 12.6. The van der Waals surface area contributed by atoms with E-state index in [-0.39, 0.29) is 18.5 Å². The molecular formula is C18H27N5O4. The molecule has 1 N–H and O–H groups in total. The van der Waals surface area contributed by atoms with Crippen LogP contribution in [0.1, 0.15) is 49.3 Å². The Morgan fingerprint density at radius 1 is 1.15 bits per heavy atom. The number of nitrogens with one attached hydrogen (secondary N) is 1. The lowest BCUT2D eigenvalue weighted by Crippen LogP contribution is -2.47. The van der Waals surface area contributed by atoms with E-state index in [0.717, 1.165) is 38.0 Å². The number of aryl methyl sites for hydroxylation is 1. The lowest BCUT2D eigenvalue weighted by Gasteiger charge is -2.22. The van der Waals surface area contributed by atoms with Crippen LogP contribution in [0.2, 0.25) is 0 Å².